The summed E-state index contributed by atoms with van der Waals surface area (Å²) >= 11 is 0. The standard InChI is InChI=1S/C33H27NO2/c1-32(2,3)27-18-10-15-24-28-22-13-6-8-16-25(22)33(29(24)27,26-17-9-7-14-23(26)28)19-34-30(35)20-11-4-5-12-21(20)31(34)36/h4-18,28H,19H2,1-3H3. The molecule has 176 valence electrons. The molecule has 4 aromatic rings. The fourth-order valence-corrected chi connectivity index (χ4v) is 6.97. The largest absolute Gasteiger partial charge is 0.273 e. The van der Waals surface area contributed by atoms with Gasteiger partial charge >= 0.3 is 0 Å². The number of rotatable bonds is 2. The van der Waals surface area contributed by atoms with E-state index in [1.165, 1.54) is 43.8 Å². The summed E-state index contributed by atoms with van der Waals surface area (Å²) in [5, 5.41) is 0. The molecule has 0 fully saturated rings. The first kappa shape index (κ1) is 21.3. The van der Waals surface area contributed by atoms with E-state index < -0.39 is 5.41 Å². The van der Waals surface area contributed by atoms with Crippen molar-refractivity contribution in [2.75, 3.05) is 6.54 Å². The minimum atomic E-state index is -0.644. The van der Waals surface area contributed by atoms with E-state index in [1.807, 2.05) is 12.1 Å². The van der Waals surface area contributed by atoms with Crippen LogP contribution in [0.2, 0.25) is 0 Å². The van der Waals surface area contributed by atoms with Crippen molar-refractivity contribution < 1.29 is 9.59 Å². The molecule has 0 N–H and O–H groups in total. The van der Waals surface area contributed by atoms with Crippen molar-refractivity contribution in [1.82, 2.24) is 4.90 Å². The highest BCUT2D eigenvalue weighted by atomic mass is 16.2. The highest BCUT2D eigenvalue weighted by Gasteiger charge is 2.55. The van der Waals surface area contributed by atoms with Crippen molar-refractivity contribution >= 4 is 11.8 Å². The van der Waals surface area contributed by atoms with Crippen LogP contribution in [0.4, 0.5) is 0 Å². The normalized spacial score (nSPS) is 21.2. The molecule has 3 heteroatoms. The van der Waals surface area contributed by atoms with Crippen LogP contribution in [0.25, 0.3) is 0 Å². The average Bonchev–Trinajstić information content (AvgIpc) is 3.13. The van der Waals surface area contributed by atoms with E-state index >= 15 is 0 Å². The number of hydrogen-bond acceptors (Lipinski definition) is 2. The fourth-order valence-electron chi connectivity index (χ4n) is 6.97. The van der Waals surface area contributed by atoms with Crippen LogP contribution in [0.3, 0.4) is 0 Å². The third kappa shape index (κ3) is 2.53. The van der Waals surface area contributed by atoms with Gasteiger partial charge in [0.2, 0.25) is 0 Å². The van der Waals surface area contributed by atoms with Crippen molar-refractivity contribution in [3.63, 3.8) is 0 Å². The minimum absolute atomic E-state index is 0.109. The average molecular weight is 470 g/mol. The van der Waals surface area contributed by atoms with Crippen LogP contribution in [-0.4, -0.2) is 23.3 Å². The molecule has 4 aliphatic rings. The van der Waals surface area contributed by atoms with E-state index in [0.717, 1.165) is 0 Å². The van der Waals surface area contributed by atoms with E-state index in [4.69, 9.17) is 0 Å². The molecule has 2 bridgehead atoms. The first-order chi connectivity index (χ1) is 17.3. The number of imide groups is 1. The van der Waals surface area contributed by atoms with E-state index in [-0.39, 0.29) is 29.7 Å². The lowest BCUT2D eigenvalue weighted by atomic mass is 9.51. The molecule has 0 saturated heterocycles. The molecule has 1 heterocycles. The third-order valence-electron chi connectivity index (χ3n) is 8.38. The fraction of sp³-hybridized carbons (Fsp3) is 0.212. The Morgan fingerprint density at radius 2 is 1.17 bits per heavy atom. The molecule has 3 nitrogen and oxygen atoms in total. The summed E-state index contributed by atoms with van der Waals surface area (Å²) in [6.07, 6.45) is 0. The number of carbonyl (C=O) groups excluding carboxylic acids is 2. The molecule has 0 radical (unpaired) electrons. The van der Waals surface area contributed by atoms with Gasteiger partial charge in [-0.05, 0) is 56.5 Å². The van der Waals surface area contributed by atoms with Crippen molar-refractivity contribution in [2.45, 2.75) is 37.5 Å². The first-order valence-corrected chi connectivity index (χ1v) is 12.6. The van der Waals surface area contributed by atoms with Crippen molar-refractivity contribution in [2.24, 2.45) is 0 Å². The molecule has 3 aliphatic carbocycles. The molecular formula is C33H27NO2. The first-order valence-electron chi connectivity index (χ1n) is 12.6. The topological polar surface area (TPSA) is 37.4 Å². The lowest BCUT2D eigenvalue weighted by molar-refractivity contribution is 0.0632. The Labute approximate surface area is 211 Å². The van der Waals surface area contributed by atoms with Crippen molar-refractivity contribution in [3.8, 4) is 0 Å². The van der Waals surface area contributed by atoms with Crippen LogP contribution in [-0.2, 0) is 10.8 Å². The zero-order valence-electron chi connectivity index (χ0n) is 20.7. The lowest BCUT2D eigenvalue weighted by Crippen LogP contribution is -2.52. The number of benzene rings is 4. The Morgan fingerprint density at radius 1 is 0.667 bits per heavy atom. The van der Waals surface area contributed by atoms with Crippen molar-refractivity contribution in [1.29, 1.82) is 0 Å². The minimum Gasteiger partial charge on any atom is -0.273 e. The smallest absolute Gasteiger partial charge is 0.261 e. The lowest BCUT2D eigenvalue weighted by Gasteiger charge is -2.53. The van der Waals surface area contributed by atoms with Crippen LogP contribution in [0.15, 0.2) is 91.0 Å². The maximum Gasteiger partial charge on any atom is 0.261 e. The number of carbonyl (C=O) groups is 2. The Bertz CT molecular complexity index is 1520. The van der Waals surface area contributed by atoms with Gasteiger partial charge in [0.1, 0.15) is 0 Å². The van der Waals surface area contributed by atoms with Gasteiger partial charge in [0, 0.05) is 12.5 Å². The van der Waals surface area contributed by atoms with Crippen LogP contribution in [0, 0.1) is 0 Å². The van der Waals surface area contributed by atoms with Gasteiger partial charge in [0.15, 0.2) is 0 Å². The molecule has 1 aliphatic heterocycles. The summed E-state index contributed by atoms with van der Waals surface area (Å²) in [5.41, 5.74) is 9.00. The number of nitrogens with zero attached hydrogens (tertiary/aromatic N) is 1. The van der Waals surface area contributed by atoms with Gasteiger partial charge in [-0.25, -0.2) is 0 Å². The Hall–Kier alpha value is -3.98. The number of hydrogen-bond donors (Lipinski definition) is 0. The molecule has 0 unspecified atom stereocenters. The van der Waals surface area contributed by atoms with Gasteiger partial charge in [-0.3, -0.25) is 14.5 Å². The number of amides is 2. The summed E-state index contributed by atoms with van der Waals surface area (Å²) in [6.45, 7) is 7.02. The molecule has 0 aromatic heterocycles. The van der Waals surface area contributed by atoms with E-state index in [0.29, 0.717) is 11.1 Å². The van der Waals surface area contributed by atoms with Crippen LogP contribution in [0.5, 0.6) is 0 Å². The van der Waals surface area contributed by atoms with E-state index in [2.05, 4.69) is 87.5 Å². The quantitative estimate of drug-likeness (QED) is 0.318. The summed E-state index contributed by atoms with van der Waals surface area (Å²) in [4.78, 5) is 28.8. The monoisotopic (exact) mass is 469 g/mol. The predicted molar refractivity (Wildman–Crippen MR) is 141 cm³/mol. The van der Waals surface area contributed by atoms with Crippen molar-refractivity contribution in [3.05, 3.63) is 141 Å². The molecule has 0 spiro atoms. The van der Waals surface area contributed by atoms with E-state index in [1.54, 1.807) is 12.1 Å². The van der Waals surface area contributed by atoms with Gasteiger partial charge in [0.05, 0.1) is 16.5 Å². The second-order valence-corrected chi connectivity index (χ2v) is 11.3. The Balaban J connectivity index is 1.57. The second kappa shape index (κ2) is 7.04. The molecule has 4 aromatic carbocycles. The molecule has 0 saturated carbocycles. The summed E-state index contributed by atoms with van der Waals surface area (Å²) in [6, 6.07) is 31.1. The van der Waals surface area contributed by atoms with Gasteiger partial charge in [-0.15, -0.1) is 0 Å². The molecule has 8 rings (SSSR count). The van der Waals surface area contributed by atoms with Gasteiger partial charge < -0.3 is 0 Å². The second-order valence-electron chi connectivity index (χ2n) is 11.3. The third-order valence-corrected chi connectivity index (χ3v) is 8.38. The predicted octanol–water partition coefficient (Wildman–Crippen LogP) is 6.42. The maximum atomic E-state index is 13.7. The molecule has 36 heavy (non-hydrogen) atoms. The molecular weight excluding hydrogens is 442 g/mol. The Morgan fingerprint density at radius 3 is 1.72 bits per heavy atom. The summed E-state index contributed by atoms with van der Waals surface area (Å²) in [5.74, 6) is -0.274. The van der Waals surface area contributed by atoms with Gasteiger partial charge in [-0.1, -0.05) is 99.6 Å². The molecule has 0 atom stereocenters. The zero-order chi connectivity index (χ0) is 24.8. The Kier molecular flexibility index (Phi) is 4.17. The summed E-state index contributed by atoms with van der Waals surface area (Å²) in [7, 11) is 0. The van der Waals surface area contributed by atoms with Gasteiger partial charge in [0.25, 0.3) is 11.8 Å². The van der Waals surface area contributed by atoms with Crippen LogP contribution in [0.1, 0.15) is 86.3 Å². The number of fused-ring (bicyclic) bond motifs is 1. The SMILES string of the molecule is CC(C)(C)c1cccc2c1C1(CN3C(=O)c4ccccc4C3=O)c3ccccc3C2c2ccccc21. The zero-order valence-corrected chi connectivity index (χ0v) is 20.7. The van der Waals surface area contributed by atoms with Crippen LogP contribution < -0.4 is 0 Å². The maximum absolute atomic E-state index is 13.7. The molecule has 2 amide bonds. The highest BCUT2D eigenvalue weighted by molar-refractivity contribution is 6.21. The highest BCUT2D eigenvalue weighted by Crippen LogP contribution is 2.61. The van der Waals surface area contributed by atoms with Gasteiger partial charge in [-0.2, -0.15) is 0 Å². The van der Waals surface area contributed by atoms with Crippen LogP contribution >= 0.6 is 0 Å². The summed E-state index contributed by atoms with van der Waals surface area (Å²) < 4.78 is 0. The van der Waals surface area contributed by atoms with E-state index in [9.17, 15) is 9.59 Å².